The predicted octanol–water partition coefficient (Wildman–Crippen LogP) is 6.97. The van der Waals surface area contributed by atoms with Gasteiger partial charge in [0, 0.05) is 42.2 Å². The van der Waals surface area contributed by atoms with E-state index in [-0.39, 0.29) is 0 Å². The number of ether oxygens (including phenoxy) is 1. The van der Waals surface area contributed by atoms with Gasteiger partial charge in [-0.15, -0.1) is 11.3 Å². The molecule has 1 N–H and O–H groups in total. The van der Waals surface area contributed by atoms with Crippen molar-refractivity contribution in [2.45, 2.75) is 31.0 Å². The van der Waals surface area contributed by atoms with Gasteiger partial charge in [-0.1, -0.05) is 91.0 Å². The summed E-state index contributed by atoms with van der Waals surface area (Å²) in [6.07, 6.45) is 1.26. The molecule has 4 unspecified atom stereocenters. The molecule has 2 saturated heterocycles. The van der Waals surface area contributed by atoms with Crippen LogP contribution in [0.3, 0.4) is 0 Å². The van der Waals surface area contributed by atoms with Crippen LogP contribution in [-0.2, 0) is 6.54 Å². The molecule has 2 aliphatic rings. The van der Waals surface area contributed by atoms with Gasteiger partial charge in [-0.3, -0.25) is 4.90 Å². The van der Waals surface area contributed by atoms with Crippen LogP contribution in [0.5, 0.6) is 5.75 Å². The lowest BCUT2D eigenvalue weighted by Gasteiger charge is -2.39. The van der Waals surface area contributed by atoms with Crippen molar-refractivity contribution in [2.75, 3.05) is 20.2 Å². The summed E-state index contributed by atoms with van der Waals surface area (Å²) in [7, 11) is 1.77. The van der Waals surface area contributed by atoms with Gasteiger partial charge in [0.05, 0.1) is 17.3 Å². The predicted molar refractivity (Wildman–Crippen MR) is 160 cm³/mol. The topological polar surface area (TPSA) is 37.4 Å². The lowest BCUT2D eigenvalue weighted by atomic mass is 9.78. The number of thiazole rings is 1. The van der Waals surface area contributed by atoms with Gasteiger partial charge in [-0.2, -0.15) is 0 Å². The highest BCUT2D eigenvalue weighted by atomic mass is 32.1. The SMILES string of the molecule is COc1cc2sc(-c3ccccc3)nc2cc1CNC1C2CCN(C2)C1C(c1ccccc1)c1ccccc1. The molecule has 1 aromatic heterocycles. The molecule has 2 fully saturated rings. The summed E-state index contributed by atoms with van der Waals surface area (Å²) in [5.41, 5.74) is 6.15. The highest BCUT2D eigenvalue weighted by molar-refractivity contribution is 7.21. The maximum Gasteiger partial charge on any atom is 0.124 e. The van der Waals surface area contributed by atoms with Gasteiger partial charge in [0.2, 0.25) is 0 Å². The Morgan fingerprint density at radius 1 is 0.923 bits per heavy atom. The summed E-state index contributed by atoms with van der Waals surface area (Å²) in [6, 6.07) is 37.7. The van der Waals surface area contributed by atoms with Crippen molar-refractivity contribution >= 4 is 21.6 Å². The Balaban J connectivity index is 1.20. The fourth-order valence-corrected chi connectivity index (χ4v) is 7.74. The second-order valence-electron chi connectivity index (χ2n) is 10.8. The second kappa shape index (κ2) is 10.6. The first-order valence-electron chi connectivity index (χ1n) is 13.9. The highest BCUT2D eigenvalue weighted by Crippen LogP contribution is 2.43. The van der Waals surface area contributed by atoms with E-state index in [9.17, 15) is 0 Å². The number of benzene rings is 4. The van der Waals surface area contributed by atoms with Crippen LogP contribution in [0.4, 0.5) is 0 Å². The average molecular weight is 532 g/mol. The number of hydrogen-bond donors (Lipinski definition) is 1. The first kappa shape index (κ1) is 24.5. The van der Waals surface area contributed by atoms with E-state index >= 15 is 0 Å². The zero-order valence-electron chi connectivity index (χ0n) is 22.2. The molecule has 4 nitrogen and oxygen atoms in total. The van der Waals surface area contributed by atoms with E-state index in [4.69, 9.17) is 9.72 Å². The number of aromatic nitrogens is 1. The zero-order chi connectivity index (χ0) is 26.2. The number of fused-ring (bicyclic) bond motifs is 3. The second-order valence-corrected chi connectivity index (χ2v) is 11.8. The van der Waals surface area contributed by atoms with Gasteiger partial charge in [-0.25, -0.2) is 4.98 Å². The quantitative estimate of drug-likeness (QED) is 0.235. The van der Waals surface area contributed by atoms with Crippen molar-refractivity contribution in [2.24, 2.45) is 5.92 Å². The van der Waals surface area contributed by atoms with Crippen LogP contribution in [0, 0.1) is 5.92 Å². The molecule has 4 atom stereocenters. The number of hydrogen-bond acceptors (Lipinski definition) is 5. The molecule has 2 bridgehead atoms. The Labute approximate surface area is 234 Å². The minimum absolute atomic E-state index is 0.326. The smallest absolute Gasteiger partial charge is 0.124 e. The van der Waals surface area contributed by atoms with Crippen LogP contribution in [0.1, 0.15) is 29.0 Å². The van der Waals surface area contributed by atoms with E-state index in [2.05, 4.69) is 107 Å². The van der Waals surface area contributed by atoms with E-state index in [0.29, 0.717) is 23.9 Å². The lowest BCUT2D eigenvalue weighted by molar-refractivity contribution is 0.197. The molecule has 3 heterocycles. The Kier molecular flexibility index (Phi) is 6.65. The Morgan fingerprint density at radius 3 is 2.26 bits per heavy atom. The maximum absolute atomic E-state index is 5.89. The molecule has 7 rings (SSSR count). The van der Waals surface area contributed by atoms with Crippen LogP contribution in [0.15, 0.2) is 103 Å². The van der Waals surface area contributed by atoms with Crippen molar-refractivity contribution in [3.05, 3.63) is 120 Å². The van der Waals surface area contributed by atoms with E-state index in [1.807, 2.05) is 6.07 Å². The summed E-state index contributed by atoms with van der Waals surface area (Å²) >= 11 is 1.72. The normalized spacial score (nSPS) is 22.1. The third-order valence-corrected chi connectivity index (χ3v) is 9.62. The number of nitrogens with zero attached hydrogens (tertiary/aromatic N) is 2. The number of nitrogens with one attached hydrogen (secondary N) is 1. The first-order chi connectivity index (χ1) is 19.3. The van der Waals surface area contributed by atoms with Gasteiger partial charge >= 0.3 is 0 Å². The molecule has 5 heteroatoms. The maximum atomic E-state index is 5.89. The minimum Gasteiger partial charge on any atom is -0.496 e. The number of rotatable bonds is 8. The fraction of sp³-hybridized carbons (Fsp3) is 0.265. The van der Waals surface area contributed by atoms with Crippen molar-refractivity contribution in [1.82, 2.24) is 15.2 Å². The van der Waals surface area contributed by atoms with Crippen LogP contribution >= 0.6 is 11.3 Å². The van der Waals surface area contributed by atoms with Crippen LogP contribution < -0.4 is 10.1 Å². The molecule has 0 aliphatic carbocycles. The van der Waals surface area contributed by atoms with Crippen molar-refractivity contribution in [3.63, 3.8) is 0 Å². The van der Waals surface area contributed by atoms with E-state index < -0.39 is 0 Å². The van der Waals surface area contributed by atoms with Crippen LogP contribution in [-0.4, -0.2) is 42.2 Å². The Morgan fingerprint density at radius 2 is 1.59 bits per heavy atom. The van der Waals surface area contributed by atoms with Gasteiger partial charge in [0.25, 0.3) is 0 Å². The summed E-state index contributed by atoms with van der Waals surface area (Å²) < 4.78 is 7.05. The summed E-state index contributed by atoms with van der Waals surface area (Å²) in [5, 5.41) is 5.08. The van der Waals surface area contributed by atoms with Crippen molar-refractivity contribution < 1.29 is 4.74 Å². The Bertz CT molecular complexity index is 1510. The molecular weight excluding hydrogens is 498 g/mol. The Hall–Kier alpha value is -3.51. The van der Waals surface area contributed by atoms with Gasteiger partial charge in [0.1, 0.15) is 10.8 Å². The molecule has 39 heavy (non-hydrogen) atoms. The first-order valence-corrected chi connectivity index (χ1v) is 14.7. The van der Waals surface area contributed by atoms with Gasteiger partial charge in [0.15, 0.2) is 0 Å². The zero-order valence-corrected chi connectivity index (χ0v) is 23.0. The third-order valence-electron chi connectivity index (χ3n) is 8.55. The molecule has 0 radical (unpaired) electrons. The molecule has 4 aromatic carbocycles. The van der Waals surface area contributed by atoms with E-state index in [1.165, 1.54) is 36.2 Å². The van der Waals surface area contributed by atoms with Gasteiger partial charge in [-0.05, 0) is 42.1 Å². The minimum atomic E-state index is 0.326. The van der Waals surface area contributed by atoms with Gasteiger partial charge < -0.3 is 10.1 Å². The summed E-state index contributed by atoms with van der Waals surface area (Å²) in [5.74, 6) is 1.91. The molecule has 196 valence electrons. The molecule has 0 amide bonds. The monoisotopic (exact) mass is 531 g/mol. The lowest BCUT2D eigenvalue weighted by Crippen LogP contribution is -2.50. The third kappa shape index (κ3) is 4.65. The van der Waals surface area contributed by atoms with Crippen molar-refractivity contribution in [1.29, 1.82) is 0 Å². The summed E-state index contributed by atoms with van der Waals surface area (Å²) in [4.78, 5) is 7.71. The van der Waals surface area contributed by atoms with Crippen LogP contribution in [0.25, 0.3) is 20.8 Å². The molecular formula is C34H33N3OS. The number of methoxy groups -OCH3 is 1. The molecule has 2 aliphatic heterocycles. The summed E-state index contributed by atoms with van der Waals surface area (Å²) in [6.45, 7) is 3.11. The average Bonchev–Trinajstić information content (AvgIpc) is 3.73. The number of piperidine rings is 1. The van der Waals surface area contributed by atoms with E-state index in [1.54, 1.807) is 18.4 Å². The molecule has 0 spiro atoms. The van der Waals surface area contributed by atoms with Crippen molar-refractivity contribution in [3.8, 4) is 16.3 Å². The largest absolute Gasteiger partial charge is 0.496 e. The standard InChI is InChI=1S/C34H33N3OS/c1-38-29-20-30-28(36-34(39-30)25-15-9-4-10-16-25)19-27(29)21-35-32-26-17-18-37(22-26)33(32)31(23-11-5-2-6-12-23)24-13-7-3-8-14-24/h2-16,19-20,26,31-33,35H,17-18,21-22H2,1H3. The highest BCUT2D eigenvalue weighted by Gasteiger charge is 2.49. The van der Waals surface area contributed by atoms with E-state index in [0.717, 1.165) is 33.1 Å². The fourth-order valence-electron chi connectivity index (χ4n) is 6.76. The molecule has 5 aromatic rings. The van der Waals surface area contributed by atoms with Crippen LogP contribution in [0.2, 0.25) is 0 Å². The molecule has 0 saturated carbocycles.